The minimum absolute atomic E-state index is 0.367. The summed E-state index contributed by atoms with van der Waals surface area (Å²) in [5, 5.41) is 9.00. The van der Waals surface area contributed by atoms with E-state index in [1.807, 2.05) is 0 Å². The third kappa shape index (κ3) is 9.27. The summed E-state index contributed by atoms with van der Waals surface area (Å²) in [6, 6.07) is 0. The number of unbranched alkanes of at least 4 members (excludes halogenated alkanes) is 13. The van der Waals surface area contributed by atoms with Gasteiger partial charge in [-0.05, 0) is 19.3 Å². The normalized spacial score (nSPS) is 15.1. The van der Waals surface area contributed by atoms with Gasteiger partial charge in [0, 0.05) is 0 Å². The molecule has 1 aliphatic carbocycles. The number of hydrogen-bond donors (Lipinski definition) is 1. The van der Waals surface area contributed by atoms with E-state index in [1.54, 1.807) is 0 Å². The number of ether oxygens (including phenoxy) is 1. The maximum Gasteiger partial charge on any atom is 0.323 e. The molecule has 1 fully saturated rings. The van der Waals surface area contributed by atoms with Crippen LogP contribution < -0.4 is 0 Å². The number of carbonyl (C=O) groups excluding carboxylic acids is 1. The first-order valence-electron chi connectivity index (χ1n) is 10.5. The SMILES string of the molecule is CCCCCCCCCCCCCCCCOC(=O)C1(C(=O)O)CC1. The van der Waals surface area contributed by atoms with E-state index in [-0.39, 0.29) is 0 Å². The van der Waals surface area contributed by atoms with Crippen LogP contribution in [-0.4, -0.2) is 23.7 Å². The molecule has 0 aromatic heterocycles. The zero-order valence-electron chi connectivity index (χ0n) is 16.2. The molecule has 4 heteroatoms. The summed E-state index contributed by atoms with van der Waals surface area (Å²) in [5.41, 5.74) is -1.20. The van der Waals surface area contributed by atoms with Crippen molar-refractivity contribution in [3.8, 4) is 0 Å². The fraction of sp³-hybridized carbons (Fsp3) is 0.905. The lowest BCUT2D eigenvalue weighted by molar-refractivity contribution is -0.161. The highest BCUT2D eigenvalue weighted by Crippen LogP contribution is 2.47. The van der Waals surface area contributed by atoms with Crippen molar-refractivity contribution in [2.45, 2.75) is 110 Å². The Morgan fingerprint density at radius 3 is 1.52 bits per heavy atom. The quantitative estimate of drug-likeness (QED) is 0.201. The second-order valence-electron chi connectivity index (χ2n) is 7.62. The monoisotopic (exact) mass is 354 g/mol. The van der Waals surface area contributed by atoms with Crippen LogP contribution in [-0.2, 0) is 14.3 Å². The minimum atomic E-state index is -1.20. The Labute approximate surface area is 153 Å². The lowest BCUT2D eigenvalue weighted by Gasteiger charge is -2.09. The van der Waals surface area contributed by atoms with Gasteiger partial charge in [0.1, 0.15) is 0 Å². The van der Waals surface area contributed by atoms with Crippen LogP contribution in [0.2, 0.25) is 0 Å². The molecule has 0 unspecified atom stereocenters. The molecule has 1 rings (SSSR count). The molecule has 1 N–H and O–H groups in total. The first-order valence-corrected chi connectivity index (χ1v) is 10.5. The van der Waals surface area contributed by atoms with Gasteiger partial charge in [-0.2, -0.15) is 0 Å². The number of rotatable bonds is 17. The molecular weight excluding hydrogens is 316 g/mol. The molecule has 0 saturated heterocycles. The minimum Gasteiger partial charge on any atom is -0.480 e. The van der Waals surface area contributed by atoms with Crippen molar-refractivity contribution in [3.63, 3.8) is 0 Å². The van der Waals surface area contributed by atoms with Crippen molar-refractivity contribution in [2.24, 2.45) is 5.41 Å². The fourth-order valence-electron chi connectivity index (χ4n) is 3.23. The number of carboxylic acids is 1. The first kappa shape index (κ1) is 22.0. The van der Waals surface area contributed by atoms with Crippen molar-refractivity contribution in [1.82, 2.24) is 0 Å². The summed E-state index contributed by atoms with van der Waals surface area (Å²) >= 11 is 0. The molecule has 4 nitrogen and oxygen atoms in total. The summed E-state index contributed by atoms with van der Waals surface area (Å²) in [7, 11) is 0. The Bertz CT molecular complexity index is 374. The smallest absolute Gasteiger partial charge is 0.323 e. The van der Waals surface area contributed by atoms with Gasteiger partial charge in [-0.1, -0.05) is 90.4 Å². The van der Waals surface area contributed by atoms with Crippen LogP contribution in [0.1, 0.15) is 110 Å². The highest BCUT2D eigenvalue weighted by molar-refractivity contribution is 6.02. The third-order valence-corrected chi connectivity index (χ3v) is 5.28. The van der Waals surface area contributed by atoms with Gasteiger partial charge in [0.05, 0.1) is 6.61 Å². The average Bonchev–Trinajstić information content (AvgIpc) is 3.40. The molecule has 1 aliphatic rings. The van der Waals surface area contributed by atoms with Crippen LogP contribution in [0, 0.1) is 5.41 Å². The van der Waals surface area contributed by atoms with E-state index >= 15 is 0 Å². The largest absolute Gasteiger partial charge is 0.480 e. The summed E-state index contributed by atoms with van der Waals surface area (Å²) in [5.74, 6) is -1.56. The molecule has 25 heavy (non-hydrogen) atoms. The van der Waals surface area contributed by atoms with E-state index in [2.05, 4.69) is 6.92 Å². The molecule has 0 atom stereocenters. The molecule has 0 aromatic carbocycles. The topological polar surface area (TPSA) is 63.6 Å². The molecule has 0 bridgehead atoms. The molecule has 0 aliphatic heterocycles. The summed E-state index contributed by atoms with van der Waals surface area (Å²) in [4.78, 5) is 22.7. The lowest BCUT2D eigenvalue weighted by atomic mass is 10.0. The van der Waals surface area contributed by atoms with Gasteiger partial charge in [-0.3, -0.25) is 9.59 Å². The predicted molar refractivity (Wildman–Crippen MR) is 101 cm³/mol. The zero-order valence-corrected chi connectivity index (χ0v) is 16.2. The molecule has 1 saturated carbocycles. The maximum absolute atomic E-state index is 11.7. The van der Waals surface area contributed by atoms with Crippen LogP contribution in [0.4, 0.5) is 0 Å². The van der Waals surface area contributed by atoms with Crippen LogP contribution in [0.3, 0.4) is 0 Å². The van der Waals surface area contributed by atoms with E-state index in [0.29, 0.717) is 19.4 Å². The zero-order chi connectivity index (χ0) is 18.4. The molecular formula is C21H38O4. The standard InChI is InChI=1S/C21H38O4/c1-2-3-4-5-6-7-8-9-10-11-12-13-14-15-18-25-20(24)21(16-17-21)19(22)23/h2-18H2,1H3,(H,22,23). The number of carboxylic acid groups (broad SMARTS) is 1. The third-order valence-electron chi connectivity index (χ3n) is 5.28. The van der Waals surface area contributed by atoms with E-state index in [0.717, 1.165) is 12.8 Å². The highest BCUT2D eigenvalue weighted by Gasteiger charge is 2.58. The van der Waals surface area contributed by atoms with Crippen molar-refractivity contribution in [3.05, 3.63) is 0 Å². The van der Waals surface area contributed by atoms with E-state index in [1.165, 1.54) is 77.0 Å². The number of hydrogen-bond acceptors (Lipinski definition) is 3. The summed E-state index contributed by atoms with van der Waals surface area (Å²) < 4.78 is 5.12. The van der Waals surface area contributed by atoms with Crippen molar-refractivity contribution < 1.29 is 19.4 Å². The van der Waals surface area contributed by atoms with Gasteiger partial charge in [0.25, 0.3) is 0 Å². The first-order chi connectivity index (χ1) is 12.1. The molecule has 0 spiro atoms. The van der Waals surface area contributed by atoms with E-state index in [4.69, 9.17) is 9.84 Å². The second kappa shape index (κ2) is 13.2. The predicted octanol–water partition coefficient (Wildman–Crippen LogP) is 5.88. The Hall–Kier alpha value is -1.06. The van der Waals surface area contributed by atoms with E-state index in [9.17, 15) is 9.59 Å². The van der Waals surface area contributed by atoms with Crippen molar-refractivity contribution >= 4 is 11.9 Å². The summed E-state index contributed by atoms with van der Waals surface area (Å²) in [6.45, 7) is 2.63. The molecule has 0 radical (unpaired) electrons. The van der Waals surface area contributed by atoms with Crippen LogP contribution in [0.5, 0.6) is 0 Å². The van der Waals surface area contributed by atoms with Crippen molar-refractivity contribution in [1.29, 1.82) is 0 Å². The van der Waals surface area contributed by atoms with E-state index < -0.39 is 17.4 Å². The lowest BCUT2D eigenvalue weighted by Crippen LogP contribution is -2.27. The van der Waals surface area contributed by atoms with Gasteiger partial charge >= 0.3 is 11.9 Å². The summed E-state index contributed by atoms with van der Waals surface area (Å²) in [6.07, 6.45) is 18.9. The Morgan fingerprint density at radius 2 is 1.16 bits per heavy atom. The van der Waals surface area contributed by atoms with Gasteiger partial charge in [0.2, 0.25) is 0 Å². The van der Waals surface area contributed by atoms with Gasteiger partial charge in [-0.25, -0.2) is 0 Å². The van der Waals surface area contributed by atoms with Gasteiger partial charge < -0.3 is 9.84 Å². The number of esters is 1. The maximum atomic E-state index is 11.7. The Morgan fingerprint density at radius 1 is 0.760 bits per heavy atom. The van der Waals surface area contributed by atoms with Crippen LogP contribution in [0.25, 0.3) is 0 Å². The Kier molecular flexibility index (Phi) is 11.6. The Balaban J connectivity index is 1.78. The molecule has 146 valence electrons. The van der Waals surface area contributed by atoms with Gasteiger partial charge in [-0.15, -0.1) is 0 Å². The fourth-order valence-corrected chi connectivity index (χ4v) is 3.23. The number of aliphatic carboxylic acids is 1. The van der Waals surface area contributed by atoms with Crippen LogP contribution >= 0.6 is 0 Å². The number of carbonyl (C=O) groups is 2. The van der Waals surface area contributed by atoms with Gasteiger partial charge in [0.15, 0.2) is 5.41 Å². The highest BCUT2D eigenvalue weighted by atomic mass is 16.5. The molecule has 0 amide bonds. The van der Waals surface area contributed by atoms with Crippen LogP contribution in [0.15, 0.2) is 0 Å². The van der Waals surface area contributed by atoms with Crippen molar-refractivity contribution in [2.75, 3.05) is 6.61 Å². The average molecular weight is 355 g/mol. The second-order valence-corrected chi connectivity index (χ2v) is 7.62. The molecule has 0 aromatic rings. The molecule has 0 heterocycles.